The fraction of sp³-hybridized carbons (Fsp3) is 0.524. The first-order valence-corrected chi connectivity index (χ1v) is 10.3. The van der Waals surface area contributed by atoms with Crippen molar-refractivity contribution in [2.75, 3.05) is 18.9 Å². The van der Waals surface area contributed by atoms with Gasteiger partial charge in [0.05, 0.1) is 11.8 Å². The van der Waals surface area contributed by atoms with Crippen molar-refractivity contribution in [3.05, 3.63) is 38.6 Å². The van der Waals surface area contributed by atoms with E-state index in [2.05, 4.69) is 0 Å². The van der Waals surface area contributed by atoms with E-state index in [1.807, 2.05) is 26.0 Å². The van der Waals surface area contributed by atoms with E-state index in [0.717, 1.165) is 14.0 Å². The van der Waals surface area contributed by atoms with Crippen LogP contribution >= 0.6 is 0 Å². The van der Waals surface area contributed by atoms with Crippen LogP contribution in [0, 0.1) is 17.8 Å². The number of esters is 1. The largest absolute Gasteiger partial charge is 0.456 e. The van der Waals surface area contributed by atoms with E-state index in [0.29, 0.717) is 12.8 Å². The maximum absolute atomic E-state index is 12.6. The number of anilines is 1. The predicted octanol–water partition coefficient (Wildman–Crippen LogP) is -0.538. The number of ketones is 1. The average molecular weight is 446 g/mol. The maximum atomic E-state index is 12.6. The molecular formula is C21H26N4O7. The third-order valence-corrected chi connectivity index (χ3v) is 5.66. The molecule has 11 heteroatoms. The number of carbonyl (C=O) groups excluding carboxylic acids is 4. The fourth-order valence-corrected chi connectivity index (χ4v) is 4.00. The zero-order chi connectivity index (χ0) is 23.7. The normalized spacial score (nSPS) is 20.1. The van der Waals surface area contributed by atoms with Gasteiger partial charge in [-0.05, 0) is 18.8 Å². The molecule has 0 saturated carbocycles. The smallest absolute Gasteiger partial charge is 0.332 e. The number of nitrogens with two attached hydrogens (primary N) is 1. The van der Waals surface area contributed by atoms with Gasteiger partial charge in [0.25, 0.3) is 5.56 Å². The number of nitrogens with zero attached hydrogens (tertiary/aromatic N) is 3. The van der Waals surface area contributed by atoms with Crippen molar-refractivity contribution in [1.29, 1.82) is 0 Å². The third kappa shape index (κ3) is 4.14. The van der Waals surface area contributed by atoms with Crippen LogP contribution in [0.5, 0.6) is 0 Å². The number of likely N-dealkylation sites (tertiary alicyclic amines) is 1. The van der Waals surface area contributed by atoms with Crippen molar-refractivity contribution in [2.24, 2.45) is 24.8 Å². The van der Waals surface area contributed by atoms with Crippen molar-refractivity contribution < 1.29 is 23.9 Å². The monoisotopic (exact) mass is 446 g/mol. The summed E-state index contributed by atoms with van der Waals surface area (Å²) < 4.78 is 6.82. The molecule has 32 heavy (non-hydrogen) atoms. The van der Waals surface area contributed by atoms with Crippen molar-refractivity contribution >= 4 is 29.4 Å². The van der Waals surface area contributed by atoms with Gasteiger partial charge in [-0.1, -0.05) is 26.0 Å². The highest BCUT2D eigenvalue weighted by Crippen LogP contribution is 2.34. The Hall–Kier alpha value is -3.50. The minimum atomic E-state index is -0.961. The number of aromatic nitrogens is 2. The van der Waals surface area contributed by atoms with Gasteiger partial charge in [0, 0.05) is 13.6 Å². The van der Waals surface area contributed by atoms with Gasteiger partial charge in [-0.25, -0.2) is 4.79 Å². The molecule has 0 aromatic carbocycles. The summed E-state index contributed by atoms with van der Waals surface area (Å²) >= 11 is 0. The second-order valence-electron chi connectivity index (χ2n) is 8.41. The number of rotatable bonds is 7. The van der Waals surface area contributed by atoms with Crippen LogP contribution in [0.15, 0.2) is 21.7 Å². The first-order valence-electron chi connectivity index (χ1n) is 10.3. The Morgan fingerprint density at radius 3 is 2.19 bits per heavy atom. The van der Waals surface area contributed by atoms with Gasteiger partial charge in [-0.3, -0.25) is 38.0 Å². The molecule has 172 valence electrons. The predicted molar refractivity (Wildman–Crippen MR) is 113 cm³/mol. The van der Waals surface area contributed by atoms with E-state index in [9.17, 15) is 28.8 Å². The summed E-state index contributed by atoms with van der Waals surface area (Å²) in [4.78, 5) is 75.3. The zero-order valence-electron chi connectivity index (χ0n) is 18.2. The Kier molecular flexibility index (Phi) is 6.47. The Morgan fingerprint density at radius 1 is 1.09 bits per heavy atom. The quantitative estimate of drug-likeness (QED) is 0.254. The SMILES string of the molecule is CC(C)Cn1c(N)c(C(=O)COC(=O)CN2C(=O)[C@@H]3CC=CC[C@H]3C2=O)c(=O)n(C)c1=O. The lowest BCUT2D eigenvalue weighted by Crippen LogP contribution is -2.44. The molecule has 0 unspecified atom stereocenters. The summed E-state index contributed by atoms with van der Waals surface area (Å²) in [5.74, 6) is -3.96. The highest BCUT2D eigenvalue weighted by Gasteiger charge is 2.47. The molecule has 1 saturated heterocycles. The standard InChI is InChI=1S/C21H26N4O7/c1-11(2)8-24-17(22)16(20(30)23(3)21(24)31)14(26)10-32-15(27)9-25-18(28)12-6-4-5-7-13(12)19(25)29/h4-5,11-13H,6-10,22H2,1-3H3/t12-,13-/m1/s1. The van der Waals surface area contributed by atoms with Gasteiger partial charge in [-0.15, -0.1) is 0 Å². The highest BCUT2D eigenvalue weighted by atomic mass is 16.5. The molecule has 1 aliphatic carbocycles. The van der Waals surface area contributed by atoms with E-state index < -0.39 is 65.4 Å². The Balaban J connectivity index is 1.71. The lowest BCUT2D eigenvalue weighted by atomic mass is 9.85. The molecule has 0 bridgehead atoms. The Labute approximate surface area is 183 Å². The van der Waals surface area contributed by atoms with E-state index in [1.165, 1.54) is 7.05 Å². The number of fused-ring (bicyclic) bond motifs is 1. The van der Waals surface area contributed by atoms with Crippen LogP contribution < -0.4 is 17.0 Å². The Bertz CT molecular complexity index is 1100. The molecule has 0 spiro atoms. The summed E-state index contributed by atoms with van der Waals surface area (Å²) in [6.45, 7) is 2.44. The maximum Gasteiger partial charge on any atom is 0.332 e. The molecule has 0 radical (unpaired) electrons. The molecule has 1 aromatic heterocycles. The van der Waals surface area contributed by atoms with E-state index in [1.54, 1.807) is 0 Å². The lowest BCUT2D eigenvalue weighted by Gasteiger charge is -2.16. The number of Topliss-reactive ketones (excluding diaryl/α,β-unsaturated/α-hetero) is 1. The number of hydrogen-bond acceptors (Lipinski definition) is 8. The van der Waals surface area contributed by atoms with Crippen molar-refractivity contribution in [3.63, 3.8) is 0 Å². The number of imide groups is 1. The van der Waals surface area contributed by atoms with Crippen LogP contribution in [-0.2, 0) is 32.7 Å². The number of nitrogen functional groups attached to an aromatic ring is 1. The number of amides is 2. The Morgan fingerprint density at radius 2 is 1.66 bits per heavy atom. The number of allylic oxidation sites excluding steroid dienone is 2. The van der Waals surface area contributed by atoms with Crippen molar-refractivity contribution in [2.45, 2.75) is 33.2 Å². The van der Waals surface area contributed by atoms with Crippen LogP contribution in [0.4, 0.5) is 5.82 Å². The molecule has 2 aliphatic rings. The molecule has 2 N–H and O–H groups in total. The summed E-state index contributed by atoms with van der Waals surface area (Å²) in [6, 6.07) is 0. The van der Waals surface area contributed by atoms with Crippen molar-refractivity contribution in [3.8, 4) is 0 Å². The molecule has 3 rings (SSSR count). The lowest BCUT2D eigenvalue weighted by molar-refractivity contribution is -0.152. The summed E-state index contributed by atoms with van der Waals surface area (Å²) in [5.41, 5.74) is 3.93. The van der Waals surface area contributed by atoms with E-state index in [-0.39, 0.29) is 18.3 Å². The van der Waals surface area contributed by atoms with Gasteiger partial charge in [-0.2, -0.15) is 0 Å². The summed E-state index contributed by atoms with van der Waals surface area (Å²) in [5, 5.41) is 0. The zero-order valence-corrected chi connectivity index (χ0v) is 18.2. The number of carbonyl (C=O) groups is 4. The average Bonchev–Trinajstić information content (AvgIpc) is 2.99. The number of hydrogen-bond donors (Lipinski definition) is 1. The van der Waals surface area contributed by atoms with E-state index in [4.69, 9.17) is 10.5 Å². The van der Waals surface area contributed by atoms with Crippen LogP contribution in [-0.4, -0.2) is 50.8 Å². The molecule has 11 nitrogen and oxygen atoms in total. The summed E-state index contributed by atoms with van der Waals surface area (Å²) in [6.07, 6.45) is 4.54. The van der Waals surface area contributed by atoms with Gasteiger partial charge in [0.15, 0.2) is 6.61 Å². The second-order valence-corrected chi connectivity index (χ2v) is 8.41. The molecule has 2 heterocycles. The van der Waals surface area contributed by atoms with Gasteiger partial charge in [0.2, 0.25) is 17.6 Å². The van der Waals surface area contributed by atoms with Crippen LogP contribution in [0.2, 0.25) is 0 Å². The van der Waals surface area contributed by atoms with Crippen LogP contribution in [0.3, 0.4) is 0 Å². The molecule has 2 amide bonds. The van der Waals surface area contributed by atoms with Gasteiger partial charge >= 0.3 is 11.7 Å². The van der Waals surface area contributed by atoms with Gasteiger partial charge in [0.1, 0.15) is 17.9 Å². The first-order chi connectivity index (χ1) is 15.0. The van der Waals surface area contributed by atoms with Crippen molar-refractivity contribution in [1.82, 2.24) is 14.0 Å². The molecular weight excluding hydrogens is 420 g/mol. The molecule has 1 aromatic rings. The summed E-state index contributed by atoms with van der Waals surface area (Å²) in [7, 11) is 1.22. The molecule has 1 fully saturated rings. The van der Waals surface area contributed by atoms with Crippen LogP contribution in [0.1, 0.15) is 37.0 Å². The highest BCUT2D eigenvalue weighted by molar-refractivity contribution is 6.07. The fourth-order valence-electron chi connectivity index (χ4n) is 4.00. The van der Waals surface area contributed by atoms with E-state index >= 15 is 0 Å². The second kappa shape index (κ2) is 8.93. The number of ether oxygens (including phenoxy) is 1. The minimum Gasteiger partial charge on any atom is -0.456 e. The third-order valence-electron chi connectivity index (χ3n) is 5.66. The van der Waals surface area contributed by atoms with Crippen LogP contribution in [0.25, 0.3) is 0 Å². The van der Waals surface area contributed by atoms with Gasteiger partial charge < -0.3 is 10.5 Å². The topological polar surface area (TPSA) is 151 Å². The first kappa shape index (κ1) is 23.2. The molecule has 2 atom stereocenters. The molecule has 1 aliphatic heterocycles. The minimum absolute atomic E-state index is 0.0164.